The Kier molecular flexibility index (Phi) is 8.24. The summed E-state index contributed by atoms with van der Waals surface area (Å²) in [7, 11) is 1.60. The molecule has 0 aliphatic heterocycles. The summed E-state index contributed by atoms with van der Waals surface area (Å²) in [6.07, 6.45) is 2.28. The maximum Gasteiger partial charge on any atom is 0.407 e. The molecule has 7 heteroatoms. The third-order valence-corrected chi connectivity index (χ3v) is 5.85. The zero-order chi connectivity index (χ0) is 23.8. The highest BCUT2D eigenvalue weighted by atomic mass is 16.5. The maximum atomic E-state index is 12.8. The number of hydrogen-bond donors (Lipinski definition) is 2. The van der Waals surface area contributed by atoms with Gasteiger partial charge in [0.05, 0.1) is 0 Å². The Balaban J connectivity index is 1.62. The lowest BCUT2D eigenvalue weighted by molar-refractivity contribution is -0.138. The molecule has 33 heavy (non-hydrogen) atoms. The van der Waals surface area contributed by atoms with Gasteiger partial charge in [0, 0.05) is 25.9 Å². The Labute approximate surface area is 194 Å². The lowest BCUT2D eigenvalue weighted by atomic mass is 9.98. The molecule has 7 nitrogen and oxygen atoms in total. The van der Waals surface area contributed by atoms with Gasteiger partial charge in [0.1, 0.15) is 12.6 Å². The summed E-state index contributed by atoms with van der Waals surface area (Å²) in [6, 6.07) is 15.4. The third-order valence-electron chi connectivity index (χ3n) is 5.85. The SMILES string of the molecule is C=CCCC(NC(=O)OCC1c2ccccc2-c2ccccc21)C(=O)N(C)CCCC(=O)O. The molecule has 0 radical (unpaired) electrons. The number of benzene rings is 2. The predicted molar refractivity (Wildman–Crippen MR) is 126 cm³/mol. The van der Waals surface area contributed by atoms with E-state index >= 15 is 0 Å². The normalized spacial score (nSPS) is 12.9. The zero-order valence-corrected chi connectivity index (χ0v) is 18.8. The van der Waals surface area contributed by atoms with Crippen molar-refractivity contribution in [2.45, 2.75) is 37.6 Å². The van der Waals surface area contributed by atoms with Crippen LogP contribution < -0.4 is 5.32 Å². The molecule has 0 heterocycles. The first-order valence-electron chi connectivity index (χ1n) is 11.1. The minimum absolute atomic E-state index is 0.0191. The van der Waals surface area contributed by atoms with Crippen molar-refractivity contribution in [1.29, 1.82) is 0 Å². The number of carbonyl (C=O) groups excluding carboxylic acids is 2. The van der Waals surface area contributed by atoms with Crippen LogP contribution in [0.15, 0.2) is 61.2 Å². The smallest absolute Gasteiger partial charge is 0.407 e. The van der Waals surface area contributed by atoms with Crippen LogP contribution in [0.2, 0.25) is 0 Å². The van der Waals surface area contributed by atoms with Crippen molar-refractivity contribution in [3.05, 3.63) is 72.3 Å². The van der Waals surface area contributed by atoms with E-state index in [9.17, 15) is 14.4 Å². The summed E-state index contributed by atoms with van der Waals surface area (Å²) in [5.74, 6) is -1.25. The molecule has 1 atom stereocenters. The number of alkyl carbamates (subject to hydrolysis) is 1. The lowest BCUT2D eigenvalue weighted by Gasteiger charge is -2.24. The molecule has 0 saturated carbocycles. The summed E-state index contributed by atoms with van der Waals surface area (Å²) in [5.41, 5.74) is 4.51. The van der Waals surface area contributed by atoms with Gasteiger partial charge in [-0.15, -0.1) is 6.58 Å². The average molecular weight is 451 g/mol. The van der Waals surface area contributed by atoms with Crippen LogP contribution in [-0.2, 0) is 14.3 Å². The van der Waals surface area contributed by atoms with Gasteiger partial charge in [-0.25, -0.2) is 4.79 Å². The monoisotopic (exact) mass is 450 g/mol. The highest BCUT2D eigenvalue weighted by Gasteiger charge is 2.30. The third kappa shape index (κ3) is 6.00. The fourth-order valence-electron chi connectivity index (χ4n) is 4.17. The topological polar surface area (TPSA) is 95.9 Å². The Bertz CT molecular complexity index is 974. The van der Waals surface area contributed by atoms with Crippen molar-refractivity contribution >= 4 is 18.0 Å². The number of allylic oxidation sites excluding steroid dienone is 1. The molecule has 2 aromatic carbocycles. The number of carbonyl (C=O) groups is 3. The average Bonchev–Trinajstić information content (AvgIpc) is 3.13. The first-order chi connectivity index (χ1) is 15.9. The highest BCUT2D eigenvalue weighted by Crippen LogP contribution is 2.44. The molecule has 1 aliphatic carbocycles. The largest absolute Gasteiger partial charge is 0.481 e. The maximum absolute atomic E-state index is 12.8. The van der Waals surface area contributed by atoms with Gasteiger partial charge in [0.2, 0.25) is 5.91 Å². The molecular weight excluding hydrogens is 420 g/mol. The van der Waals surface area contributed by atoms with Gasteiger partial charge in [-0.1, -0.05) is 54.6 Å². The van der Waals surface area contributed by atoms with E-state index in [4.69, 9.17) is 9.84 Å². The van der Waals surface area contributed by atoms with Crippen molar-refractivity contribution in [2.24, 2.45) is 0 Å². The van der Waals surface area contributed by atoms with Crippen molar-refractivity contribution in [1.82, 2.24) is 10.2 Å². The van der Waals surface area contributed by atoms with Crippen molar-refractivity contribution in [3.8, 4) is 11.1 Å². The molecule has 1 aliphatic rings. The van der Waals surface area contributed by atoms with Crippen LogP contribution in [0.1, 0.15) is 42.7 Å². The van der Waals surface area contributed by atoms with E-state index in [1.807, 2.05) is 36.4 Å². The van der Waals surface area contributed by atoms with E-state index in [0.717, 1.165) is 22.3 Å². The van der Waals surface area contributed by atoms with Gasteiger partial charge in [-0.2, -0.15) is 0 Å². The fourth-order valence-corrected chi connectivity index (χ4v) is 4.17. The number of aliphatic carboxylic acids is 1. The molecule has 3 rings (SSSR count). The summed E-state index contributed by atoms with van der Waals surface area (Å²) < 4.78 is 5.57. The Morgan fingerprint density at radius 1 is 1.12 bits per heavy atom. The van der Waals surface area contributed by atoms with E-state index in [1.54, 1.807) is 13.1 Å². The zero-order valence-electron chi connectivity index (χ0n) is 18.8. The predicted octanol–water partition coefficient (Wildman–Crippen LogP) is 4.18. The minimum Gasteiger partial charge on any atom is -0.481 e. The number of hydrogen-bond acceptors (Lipinski definition) is 4. The van der Waals surface area contributed by atoms with Gasteiger partial charge < -0.3 is 20.1 Å². The molecule has 0 fully saturated rings. The second-order valence-electron chi connectivity index (χ2n) is 8.15. The van der Waals surface area contributed by atoms with E-state index < -0.39 is 18.1 Å². The fraction of sp³-hybridized carbons (Fsp3) is 0.346. The molecule has 2 N–H and O–H groups in total. The number of carboxylic acid groups (broad SMARTS) is 1. The van der Waals surface area contributed by atoms with Gasteiger partial charge in [0.15, 0.2) is 0 Å². The molecule has 0 spiro atoms. The highest BCUT2D eigenvalue weighted by molar-refractivity contribution is 5.85. The van der Waals surface area contributed by atoms with Crippen LogP contribution in [0.5, 0.6) is 0 Å². The molecule has 0 bridgehead atoms. The first-order valence-corrected chi connectivity index (χ1v) is 11.1. The molecular formula is C26H30N2O5. The second kappa shape index (κ2) is 11.3. The molecule has 1 unspecified atom stereocenters. The number of nitrogens with zero attached hydrogens (tertiary/aromatic N) is 1. The van der Waals surface area contributed by atoms with Crippen LogP contribution >= 0.6 is 0 Å². The van der Waals surface area contributed by atoms with Gasteiger partial charge in [-0.05, 0) is 41.5 Å². The van der Waals surface area contributed by atoms with Crippen molar-refractivity contribution < 1.29 is 24.2 Å². The van der Waals surface area contributed by atoms with E-state index in [0.29, 0.717) is 25.8 Å². The number of fused-ring (bicyclic) bond motifs is 3. The molecule has 174 valence electrons. The number of amides is 2. The lowest BCUT2D eigenvalue weighted by Crippen LogP contribution is -2.47. The standard InChI is InChI=1S/C26H30N2O5/c1-3-4-14-23(25(31)28(2)16-9-15-24(29)30)27-26(32)33-17-22-20-12-7-5-10-18(20)19-11-6-8-13-21(19)22/h3,5-8,10-13,22-23H,1,4,9,14-17H2,2H3,(H,27,32)(H,29,30). The number of nitrogens with one attached hydrogen (secondary N) is 1. The first kappa shape index (κ1) is 24.0. The van der Waals surface area contributed by atoms with Crippen LogP contribution in [0, 0.1) is 0 Å². The number of likely N-dealkylation sites (N-methyl/N-ethyl adjacent to an activating group) is 1. The molecule has 2 aromatic rings. The Morgan fingerprint density at radius 3 is 2.30 bits per heavy atom. The van der Waals surface area contributed by atoms with Crippen LogP contribution in [0.4, 0.5) is 4.79 Å². The van der Waals surface area contributed by atoms with Gasteiger partial charge in [-0.3, -0.25) is 9.59 Å². The van der Waals surface area contributed by atoms with Gasteiger partial charge in [0.25, 0.3) is 0 Å². The van der Waals surface area contributed by atoms with Crippen molar-refractivity contribution in [3.63, 3.8) is 0 Å². The quantitative estimate of drug-likeness (QED) is 0.501. The van der Waals surface area contributed by atoms with Crippen LogP contribution in [-0.4, -0.2) is 54.2 Å². The van der Waals surface area contributed by atoms with E-state index in [1.165, 1.54) is 4.90 Å². The second-order valence-corrected chi connectivity index (χ2v) is 8.15. The number of rotatable bonds is 11. The molecule has 2 amide bonds. The number of carboxylic acids is 1. The van der Waals surface area contributed by atoms with E-state index in [-0.39, 0.29) is 24.9 Å². The minimum atomic E-state index is -0.907. The summed E-state index contributed by atoms with van der Waals surface area (Å²) >= 11 is 0. The van der Waals surface area contributed by atoms with E-state index in [2.05, 4.69) is 24.0 Å². The van der Waals surface area contributed by atoms with Crippen molar-refractivity contribution in [2.75, 3.05) is 20.2 Å². The van der Waals surface area contributed by atoms with Crippen LogP contribution in [0.25, 0.3) is 11.1 Å². The summed E-state index contributed by atoms with van der Waals surface area (Å²) in [5, 5.41) is 11.5. The summed E-state index contributed by atoms with van der Waals surface area (Å²) in [4.78, 5) is 37.6. The number of ether oxygens (including phenoxy) is 1. The summed E-state index contributed by atoms with van der Waals surface area (Å²) in [6.45, 7) is 4.14. The molecule has 0 saturated heterocycles. The Hall–Kier alpha value is -3.61. The Morgan fingerprint density at radius 2 is 1.73 bits per heavy atom. The molecule has 0 aromatic heterocycles. The van der Waals surface area contributed by atoms with Crippen LogP contribution in [0.3, 0.4) is 0 Å². The van der Waals surface area contributed by atoms with Gasteiger partial charge >= 0.3 is 12.1 Å².